The first-order chi connectivity index (χ1) is 12.1. The number of nitrogens with zero attached hydrogens (tertiary/aromatic N) is 1. The molecule has 0 saturated carbocycles. The van der Waals surface area contributed by atoms with E-state index in [-0.39, 0.29) is 12.5 Å². The summed E-state index contributed by atoms with van der Waals surface area (Å²) in [5.74, 6) is -0.372. The van der Waals surface area contributed by atoms with E-state index in [1.54, 1.807) is 22.9 Å². The molecule has 2 aromatic carbocycles. The standard InChI is InChI=1S/C18H19IN2O4/c1-24-21(19)17(22)16(12-14-8-4-2-5-9-14)20-18(23)25-13-15-10-6-3-7-11-15/h2-11,16H,12-13H2,1H3,(H,20,23). The van der Waals surface area contributed by atoms with Crippen LogP contribution in [0, 0.1) is 0 Å². The minimum absolute atomic E-state index is 0.136. The number of ether oxygens (including phenoxy) is 1. The highest BCUT2D eigenvalue weighted by Gasteiger charge is 2.26. The monoisotopic (exact) mass is 454 g/mol. The normalized spacial score (nSPS) is 11.4. The van der Waals surface area contributed by atoms with Gasteiger partial charge < -0.3 is 10.1 Å². The summed E-state index contributed by atoms with van der Waals surface area (Å²) in [6.07, 6.45) is -0.317. The van der Waals surface area contributed by atoms with E-state index in [4.69, 9.17) is 9.57 Å². The zero-order valence-corrected chi connectivity index (χ0v) is 15.9. The van der Waals surface area contributed by atoms with E-state index >= 15 is 0 Å². The van der Waals surface area contributed by atoms with Crippen molar-refractivity contribution in [2.24, 2.45) is 0 Å². The van der Waals surface area contributed by atoms with Gasteiger partial charge in [-0.3, -0.25) is 9.63 Å². The van der Waals surface area contributed by atoms with Gasteiger partial charge in [-0.25, -0.2) is 4.79 Å². The summed E-state index contributed by atoms with van der Waals surface area (Å²) >= 11 is 1.74. The van der Waals surface area contributed by atoms with Gasteiger partial charge in [-0.05, 0) is 11.1 Å². The second-order valence-electron chi connectivity index (χ2n) is 5.21. The fraction of sp³-hybridized carbons (Fsp3) is 0.222. The number of nitrogens with one attached hydrogen (secondary N) is 1. The van der Waals surface area contributed by atoms with Crippen molar-refractivity contribution < 1.29 is 19.2 Å². The Balaban J connectivity index is 1.99. The average molecular weight is 454 g/mol. The lowest BCUT2D eigenvalue weighted by Gasteiger charge is -2.21. The maximum atomic E-state index is 12.4. The number of rotatable bonds is 7. The van der Waals surface area contributed by atoms with Gasteiger partial charge in [0.1, 0.15) is 12.6 Å². The number of hydrogen-bond donors (Lipinski definition) is 1. The van der Waals surface area contributed by atoms with Gasteiger partial charge in [-0.15, -0.1) is 0 Å². The molecule has 0 aliphatic heterocycles. The van der Waals surface area contributed by atoms with Crippen molar-refractivity contribution in [2.75, 3.05) is 7.11 Å². The summed E-state index contributed by atoms with van der Waals surface area (Å²) in [4.78, 5) is 29.4. The van der Waals surface area contributed by atoms with E-state index in [1.165, 1.54) is 7.11 Å². The van der Waals surface area contributed by atoms with Crippen LogP contribution in [0.15, 0.2) is 60.7 Å². The maximum Gasteiger partial charge on any atom is 0.408 e. The highest BCUT2D eigenvalue weighted by atomic mass is 127. The number of carbonyl (C=O) groups is 2. The first-order valence-corrected chi connectivity index (χ1v) is 8.61. The van der Waals surface area contributed by atoms with E-state index in [1.807, 2.05) is 60.7 Å². The van der Waals surface area contributed by atoms with E-state index in [0.29, 0.717) is 6.42 Å². The molecule has 25 heavy (non-hydrogen) atoms. The highest BCUT2D eigenvalue weighted by molar-refractivity contribution is 14.1. The van der Waals surface area contributed by atoms with E-state index < -0.39 is 12.1 Å². The molecule has 0 fully saturated rings. The molecule has 6 nitrogen and oxygen atoms in total. The number of benzene rings is 2. The first kappa shape index (κ1) is 19.2. The number of hydroxylamine groups is 1. The van der Waals surface area contributed by atoms with Crippen LogP contribution >= 0.6 is 22.9 Å². The summed E-state index contributed by atoms with van der Waals surface area (Å²) in [5.41, 5.74) is 1.79. The number of carbonyl (C=O) groups excluding carboxylic acids is 2. The third-order valence-corrected chi connectivity index (χ3v) is 4.29. The maximum absolute atomic E-state index is 12.4. The lowest BCUT2D eigenvalue weighted by molar-refractivity contribution is -0.148. The molecule has 0 saturated heterocycles. The Morgan fingerprint density at radius 3 is 2.16 bits per heavy atom. The zero-order chi connectivity index (χ0) is 18.1. The van der Waals surface area contributed by atoms with Crippen LogP contribution in [0.4, 0.5) is 4.79 Å². The summed E-state index contributed by atoms with van der Waals surface area (Å²) < 4.78 is 6.25. The van der Waals surface area contributed by atoms with Crippen LogP contribution in [0.3, 0.4) is 0 Å². The molecule has 7 heteroatoms. The van der Waals surface area contributed by atoms with Crippen LogP contribution in [0.2, 0.25) is 0 Å². The van der Waals surface area contributed by atoms with Crippen molar-refractivity contribution in [3.05, 3.63) is 71.8 Å². The van der Waals surface area contributed by atoms with Gasteiger partial charge in [-0.1, -0.05) is 60.7 Å². The lowest BCUT2D eigenvalue weighted by atomic mass is 10.1. The third-order valence-electron chi connectivity index (χ3n) is 3.42. The lowest BCUT2D eigenvalue weighted by Crippen LogP contribution is -2.46. The third kappa shape index (κ3) is 6.35. The number of amides is 2. The topological polar surface area (TPSA) is 67.9 Å². The zero-order valence-electron chi connectivity index (χ0n) is 13.7. The molecule has 2 amide bonds. The molecule has 0 aliphatic rings. The average Bonchev–Trinajstić information content (AvgIpc) is 2.66. The van der Waals surface area contributed by atoms with Crippen LogP contribution in [0.5, 0.6) is 0 Å². The van der Waals surface area contributed by atoms with Gasteiger partial charge in [0.15, 0.2) is 0 Å². The molecule has 0 bridgehead atoms. The first-order valence-electron chi connectivity index (χ1n) is 7.65. The Morgan fingerprint density at radius 1 is 1.04 bits per heavy atom. The fourth-order valence-electron chi connectivity index (χ4n) is 2.17. The molecule has 0 heterocycles. The second kappa shape index (κ2) is 10.00. The van der Waals surface area contributed by atoms with E-state index in [0.717, 1.165) is 14.4 Å². The molecule has 0 aliphatic carbocycles. The van der Waals surface area contributed by atoms with Gasteiger partial charge in [0, 0.05) is 6.42 Å². The number of alkyl carbamates (subject to hydrolysis) is 1. The fourth-order valence-corrected chi connectivity index (χ4v) is 2.51. The molecular weight excluding hydrogens is 435 g/mol. The Bertz CT molecular complexity index is 682. The molecule has 1 atom stereocenters. The van der Waals surface area contributed by atoms with Gasteiger partial charge in [0.05, 0.1) is 30.0 Å². The summed E-state index contributed by atoms with van der Waals surface area (Å²) in [7, 11) is 1.39. The molecule has 2 rings (SSSR count). The van der Waals surface area contributed by atoms with Crippen molar-refractivity contribution in [1.82, 2.24) is 8.59 Å². The Hall–Kier alpha value is -2.13. The van der Waals surface area contributed by atoms with Crippen LogP contribution < -0.4 is 5.32 Å². The van der Waals surface area contributed by atoms with Crippen molar-refractivity contribution >= 4 is 34.9 Å². The molecule has 1 unspecified atom stereocenters. The molecule has 0 radical (unpaired) electrons. The number of halogens is 1. The van der Waals surface area contributed by atoms with Crippen molar-refractivity contribution in [1.29, 1.82) is 0 Å². The molecule has 0 spiro atoms. The highest BCUT2D eigenvalue weighted by Crippen LogP contribution is 2.10. The van der Waals surface area contributed by atoms with Gasteiger partial charge in [-0.2, -0.15) is 3.28 Å². The van der Waals surface area contributed by atoms with Gasteiger partial charge in [0.25, 0.3) is 5.91 Å². The van der Waals surface area contributed by atoms with Crippen molar-refractivity contribution in [3.8, 4) is 0 Å². The minimum Gasteiger partial charge on any atom is -0.445 e. The van der Waals surface area contributed by atoms with Crippen LogP contribution in [-0.2, 0) is 27.4 Å². The molecule has 0 aromatic heterocycles. The Kier molecular flexibility index (Phi) is 7.68. The second-order valence-corrected chi connectivity index (χ2v) is 6.09. The quantitative estimate of drug-likeness (QED) is 0.396. The summed E-state index contributed by atoms with van der Waals surface area (Å²) in [5, 5.41) is 2.61. The summed E-state index contributed by atoms with van der Waals surface area (Å²) in [6, 6.07) is 18.0. The minimum atomic E-state index is -0.789. The van der Waals surface area contributed by atoms with Crippen LogP contribution in [-0.4, -0.2) is 28.4 Å². The van der Waals surface area contributed by atoms with Crippen molar-refractivity contribution in [3.63, 3.8) is 0 Å². The van der Waals surface area contributed by atoms with Crippen molar-refractivity contribution in [2.45, 2.75) is 19.1 Å². The van der Waals surface area contributed by atoms with Gasteiger partial charge in [0.2, 0.25) is 0 Å². The van der Waals surface area contributed by atoms with E-state index in [2.05, 4.69) is 5.32 Å². The molecular formula is C18H19IN2O4. The Labute approximate surface area is 160 Å². The molecule has 132 valence electrons. The predicted molar refractivity (Wildman–Crippen MR) is 102 cm³/mol. The molecule has 2 aromatic rings. The summed E-state index contributed by atoms with van der Waals surface area (Å²) in [6.45, 7) is 0.136. The van der Waals surface area contributed by atoms with Crippen LogP contribution in [0.25, 0.3) is 0 Å². The molecule has 1 N–H and O–H groups in total. The SMILES string of the molecule is CON(I)C(=O)C(Cc1ccccc1)NC(=O)OCc1ccccc1. The van der Waals surface area contributed by atoms with Gasteiger partial charge >= 0.3 is 6.09 Å². The largest absolute Gasteiger partial charge is 0.445 e. The number of hydrogen-bond acceptors (Lipinski definition) is 4. The van der Waals surface area contributed by atoms with Crippen LogP contribution in [0.1, 0.15) is 11.1 Å². The van der Waals surface area contributed by atoms with E-state index in [9.17, 15) is 9.59 Å². The smallest absolute Gasteiger partial charge is 0.408 e. The Morgan fingerprint density at radius 2 is 1.60 bits per heavy atom. The predicted octanol–water partition coefficient (Wildman–Crippen LogP) is 3.26.